The fourth-order valence-corrected chi connectivity index (χ4v) is 3.02. The zero-order valence-electron chi connectivity index (χ0n) is 18.2. The number of carbonyl (C=O) groups is 3. The van der Waals surface area contributed by atoms with Gasteiger partial charge in [0.25, 0.3) is 5.91 Å². The largest absolute Gasteiger partial charge is 0.338 e. The molecule has 3 aromatic rings. The smallest absolute Gasteiger partial charge is 0.319 e. The molecule has 3 rings (SSSR count). The van der Waals surface area contributed by atoms with Gasteiger partial charge in [-0.1, -0.05) is 31.2 Å². The van der Waals surface area contributed by atoms with Crippen molar-refractivity contribution in [2.24, 2.45) is 0 Å². The standard InChI is InChI=1S/C25H25FN4O3/c1-2-13-27-25(33)30-20-11-9-17(10-12-20)14-23(31)28-21-7-3-5-18(15-21)24(32)29-22-8-4-6-19(26)16-22/h3-12,15-16H,2,13-14H2,1H3,(H,28,31)(H,29,32)(H2,27,30,33). The highest BCUT2D eigenvalue weighted by molar-refractivity contribution is 6.05. The van der Waals surface area contributed by atoms with Gasteiger partial charge in [0.2, 0.25) is 5.91 Å². The number of carbonyl (C=O) groups excluding carboxylic acids is 3. The molecule has 8 heteroatoms. The third-order valence-electron chi connectivity index (χ3n) is 4.60. The van der Waals surface area contributed by atoms with Crippen LogP contribution in [0.25, 0.3) is 0 Å². The predicted octanol–water partition coefficient (Wildman–Crippen LogP) is 4.79. The number of anilines is 3. The number of amides is 4. The van der Waals surface area contributed by atoms with Gasteiger partial charge in [0.05, 0.1) is 6.42 Å². The van der Waals surface area contributed by atoms with Crippen molar-refractivity contribution in [3.63, 3.8) is 0 Å². The number of urea groups is 1. The zero-order valence-corrected chi connectivity index (χ0v) is 18.2. The molecule has 3 aromatic carbocycles. The molecule has 170 valence electrons. The fourth-order valence-electron chi connectivity index (χ4n) is 3.02. The first-order chi connectivity index (χ1) is 15.9. The number of rotatable bonds is 8. The van der Waals surface area contributed by atoms with E-state index in [4.69, 9.17) is 0 Å². The van der Waals surface area contributed by atoms with Crippen molar-refractivity contribution >= 4 is 34.9 Å². The van der Waals surface area contributed by atoms with Gasteiger partial charge in [0.15, 0.2) is 0 Å². The lowest BCUT2D eigenvalue weighted by Gasteiger charge is -2.10. The summed E-state index contributed by atoms with van der Waals surface area (Å²) < 4.78 is 13.3. The van der Waals surface area contributed by atoms with Gasteiger partial charge in [0.1, 0.15) is 5.82 Å². The first kappa shape index (κ1) is 23.5. The number of hydrogen-bond acceptors (Lipinski definition) is 3. The summed E-state index contributed by atoms with van der Waals surface area (Å²) in [6, 6.07) is 18.8. The molecule has 0 bridgehead atoms. The Balaban J connectivity index is 1.55. The van der Waals surface area contributed by atoms with Gasteiger partial charge in [-0.2, -0.15) is 0 Å². The molecule has 0 saturated carbocycles. The molecule has 4 amide bonds. The average Bonchev–Trinajstić information content (AvgIpc) is 2.79. The summed E-state index contributed by atoms with van der Waals surface area (Å²) in [5.74, 6) is -1.11. The van der Waals surface area contributed by atoms with E-state index in [9.17, 15) is 18.8 Å². The average molecular weight is 448 g/mol. The van der Waals surface area contributed by atoms with E-state index in [0.29, 0.717) is 29.2 Å². The molecule has 0 aliphatic carbocycles. The van der Waals surface area contributed by atoms with Crippen LogP contribution >= 0.6 is 0 Å². The van der Waals surface area contributed by atoms with Crippen molar-refractivity contribution in [3.8, 4) is 0 Å². The highest BCUT2D eigenvalue weighted by Crippen LogP contribution is 2.16. The quantitative estimate of drug-likeness (QED) is 0.399. The molecule has 0 atom stereocenters. The number of halogens is 1. The van der Waals surface area contributed by atoms with E-state index in [1.54, 1.807) is 54.6 Å². The number of benzene rings is 3. The van der Waals surface area contributed by atoms with Crippen molar-refractivity contribution in [2.45, 2.75) is 19.8 Å². The molecular weight excluding hydrogens is 423 g/mol. The lowest BCUT2D eigenvalue weighted by atomic mass is 10.1. The Morgan fingerprint density at radius 2 is 1.48 bits per heavy atom. The lowest BCUT2D eigenvalue weighted by molar-refractivity contribution is -0.115. The van der Waals surface area contributed by atoms with Crippen molar-refractivity contribution in [1.82, 2.24) is 5.32 Å². The summed E-state index contributed by atoms with van der Waals surface area (Å²) in [4.78, 5) is 36.6. The molecule has 0 saturated heterocycles. The van der Waals surface area contributed by atoms with E-state index in [1.807, 2.05) is 6.92 Å². The molecule has 0 heterocycles. The van der Waals surface area contributed by atoms with Crippen LogP contribution in [0.3, 0.4) is 0 Å². The van der Waals surface area contributed by atoms with E-state index in [1.165, 1.54) is 18.2 Å². The van der Waals surface area contributed by atoms with Crippen molar-refractivity contribution in [3.05, 3.63) is 89.7 Å². The summed E-state index contributed by atoms with van der Waals surface area (Å²) >= 11 is 0. The van der Waals surface area contributed by atoms with Gasteiger partial charge in [-0.05, 0) is 60.5 Å². The van der Waals surface area contributed by atoms with Gasteiger partial charge >= 0.3 is 6.03 Å². The molecular formula is C25H25FN4O3. The minimum absolute atomic E-state index is 0.127. The minimum atomic E-state index is -0.447. The third kappa shape index (κ3) is 7.46. The van der Waals surface area contributed by atoms with Gasteiger partial charge in [-0.25, -0.2) is 9.18 Å². The maximum atomic E-state index is 13.3. The fraction of sp³-hybridized carbons (Fsp3) is 0.160. The molecule has 7 nitrogen and oxygen atoms in total. The van der Waals surface area contributed by atoms with Gasteiger partial charge in [0, 0.05) is 29.2 Å². The van der Waals surface area contributed by atoms with E-state index in [2.05, 4.69) is 21.3 Å². The predicted molar refractivity (Wildman–Crippen MR) is 127 cm³/mol. The Hall–Kier alpha value is -4.20. The van der Waals surface area contributed by atoms with Crippen LogP contribution in [0.5, 0.6) is 0 Å². The zero-order chi connectivity index (χ0) is 23.6. The normalized spacial score (nSPS) is 10.2. The van der Waals surface area contributed by atoms with Crippen molar-refractivity contribution in [1.29, 1.82) is 0 Å². The topological polar surface area (TPSA) is 99.3 Å². The molecule has 0 aliphatic rings. The Morgan fingerprint density at radius 1 is 0.788 bits per heavy atom. The summed E-state index contributed by atoms with van der Waals surface area (Å²) in [6.07, 6.45) is 0.976. The molecule has 0 spiro atoms. The van der Waals surface area contributed by atoms with E-state index in [-0.39, 0.29) is 18.4 Å². The van der Waals surface area contributed by atoms with E-state index in [0.717, 1.165) is 12.0 Å². The van der Waals surface area contributed by atoms with Crippen LogP contribution < -0.4 is 21.3 Å². The maximum Gasteiger partial charge on any atom is 0.319 e. The molecule has 0 unspecified atom stereocenters. The second-order valence-corrected chi connectivity index (χ2v) is 7.35. The number of hydrogen-bond donors (Lipinski definition) is 4. The van der Waals surface area contributed by atoms with Crippen LogP contribution in [-0.4, -0.2) is 24.4 Å². The summed E-state index contributed by atoms with van der Waals surface area (Å²) in [5, 5.41) is 10.8. The third-order valence-corrected chi connectivity index (χ3v) is 4.60. The highest BCUT2D eigenvalue weighted by Gasteiger charge is 2.10. The molecule has 0 aromatic heterocycles. The summed E-state index contributed by atoms with van der Waals surface area (Å²) in [7, 11) is 0. The molecule has 4 N–H and O–H groups in total. The van der Waals surface area contributed by atoms with Crippen LogP contribution in [0.1, 0.15) is 29.3 Å². The van der Waals surface area contributed by atoms with E-state index < -0.39 is 11.7 Å². The monoisotopic (exact) mass is 448 g/mol. The second kappa shape index (κ2) is 11.4. The first-order valence-electron chi connectivity index (χ1n) is 10.5. The molecule has 0 fully saturated rings. The maximum absolute atomic E-state index is 13.3. The Morgan fingerprint density at radius 3 is 2.18 bits per heavy atom. The minimum Gasteiger partial charge on any atom is -0.338 e. The van der Waals surface area contributed by atoms with Crippen molar-refractivity contribution in [2.75, 3.05) is 22.5 Å². The van der Waals surface area contributed by atoms with E-state index >= 15 is 0 Å². The Kier molecular flexibility index (Phi) is 8.13. The van der Waals surface area contributed by atoms with Crippen LogP contribution in [-0.2, 0) is 11.2 Å². The number of nitrogens with one attached hydrogen (secondary N) is 4. The van der Waals surface area contributed by atoms with Gasteiger partial charge in [-0.15, -0.1) is 0 Å². The summed E-state index contributed by atoms with van der Waals surface area (Å²) in [5.41, 5.74) is 2.54. The van der Waals surface area contributed by atoms with Gasteiger partial charge in [-0.3, -0.25) is 9.59 Å². The highest BCUT2D eigenvalue weighted by atomic mass is 19.1. The van der Waals surface area contributed by atoms with Crippen molar-refractivity contribution < 1.29 is 18.8 Å². The first-order valence-corrected chi connectivity index (χ1v) is 10.5. The van der Waals surface area contributed by atoms with Gasteiger partial charge < -0.3 is 21.3 Å². The lowest BCUT2D eigenvalue weighted by Crippen LogP contribution is -2.29. The van der Waals surface area contributed by atoms with Crippen LogP contribution in [0, 0.1) is 5.82 Å². The summed E-state index contributed by atoms with van der Waals surface area (Å²) in [6.45, 7) is 2.57. The Bertz CT molecular complexity index is 1130. The van der Waals surface area contributed by atoms with Crippen LogP contribution in [0.2, 0.25) is 0 Å². The van der Waals surface area contributed by atoms with Crippen LogP contribution in [0.4, 0.5) is 26.2 Å². The second-order valence-electron chi connectivity index (χ2n) is 7.35. The molecule has 0 radical (unpaired) electrons. The SMILES string of the molecule is CCCNC(=O)Nc1ccc(CC(=O)Nc2cccc(C(=O)Nc3cccc(F)c3)c2)cc1. The molecule has 0 aliphatic heterocycles. The van der Waals surface area contributed by atoms with Crippen LogP contribution in [0.15, 0.2) is 72.8 Å². The molecule has 33 heavy (non-hydrogen) atoms. The Labute approximate surface area is 191 Å².